The summed E-state index contributed by atoms with van der Waals surface area (Å²) in [7, 11) is 1.54. The highest BCUT2D eigenvalue weighted by atomic mass is 32.1. The zero-order chi connectivity index (χ0) is 24.4. The van der Waals surface area contributed by atoms with Crippen LogP contribution in [0.15, 0.2) is 42.6 Å². The number of nitrogens with zero attached hydrogens (tertiary/aromatic N) is 3. The van der Waals surface area contributed by atoms with Gasteiger partial charge in [-0.25, -0.2) is 9.67 Å². The summed E-state index contributed by atoms with van der Waals surface area (Å²) in [6, 6.07) is 11.4. The van der Waals surface area contributed by atoms with Crippen LogP contribution in [0.25, 0.3) is 21.6 Å². The van der Waals surface area contributed by atoms with Gasteiger partial charge in [-0.15, -0.1) is 11.3 Å². The number of ether oxygens (including phenoxy) is 1. The number of amides is 2. The third kappa shape index (κ3) is 4.79. The van der Waals surface area contributed by atoms with Crippen molar-refractivity contribution in [1.82, 2.24) is 20.1 Å². The summed E-state index contributed by atoms with van der Waals surface area (Å²) in [6.07, 6.45) is 1.65. The van der Waals surface area contributed by atoms with E-state index in [1.807, 2.05) is 52.0 Å². The molecule has 8 nitrogen and oxygen atoms in total. The maximum absolute atomic E-state index is 13.2. The average molecular weight is 478 g/mol. The second-order valence-electron chi connectivity index (χ2n) is 8.32. The van der Waals surface area contributed by atoms with Crippen molar-refractivity contribution >= 4 is 39.9 Å². The second-order valence-corrected chi connectivity index (χ2v) is 9.61. The quantitative estimate of drug-likeness (QED) is 0.401. The molecule has 9 heteroatoms. The first kappa shape index (κ1) is 23.4. The van der Waals surface area contributed by atoms with Gasteiger partial charge in [0.1, 0.15) is 5.75 Å². The topological polar surface area (TPSA) is 98.1 Å². The standard InChI is InChI=1S/C25H27N5O3S/c1-14(2)30-24-18(12-27-30)17(11-20(29-24)22-9-7-16(4)34-22)25(32)26-13-23(31)28-19-10-15(3)6-8-21(19)33-5/h6-12,14H,13H2,1-5H3,(H,26,32)(H,28,31). The molecule has 176 valence electrons. The van der Waals surface area contributed by atoms with Crippen LogP contribution in [0.2, 0.25) is 0 Å². The van der Waals surface area contributed by atoms with Crippen LogP contribution in [0.1, 0.15) is 40.7 Å². The fourth-order valence-corrected chi connectivity index (χ4v) is 4.48. The Morgan fingerprint density at radius 3 is 2.62 bits per heavy atom. The number of carbonyl (C=O) groups excluding carboxylic acids is 2. The molecule has 0 spiro atoms. The molecule has 2 amide bonds. The Balaban J connectivity index is 1.59. The zero-order valence-corrected chi connectivity index (χ0v) is 20.6. The van der Waals surface area contributed by atoms with Gasteiger partial charge in [0.15, 0.2) is 5.65 Å². The van der Waals surface area contributed by atoms with Gasteiger partial charge in [0.05, 0.1) is 47.1 Å². The number of thiophene rings is 1. The molecule has 4 rings (SSSR count). The highest BCUT2D eigenvalue weighted by Crippen LogP contribution is 2.30. The van der Waals surface area contributed by atoms with Gasteiger partial charge in [0.2, 0.25) is 5.91 Å². The van der Waals surface area contributed by atoms with Crippen LogP contribution in [0.5, 0.6) is 5.75 Å². The SMILES string of the molecule is COc1ccc(C)cc1NC(=O)CNC(=O)c1cc(-c2ccc(C)s2)nc2c1cnn2C(C)C. The van der Waals surface area contributed by atoms with E-state index in [-0.39, 0.29) is 24.4 Å². The molecule has 0 saturated carbocycles. The van der Waals surface area contributed by atoms with E-state index >= 15 is 0 Å². The number of hydrogen-bond acceptors (Lipinski definition) is 6. The van der Waals surface area contributed by atoms with Crippen molar-refractivity contribution in [2.75, 3.05) is 19.0 Å². The Labute approximate surface area is 202 Å². The van der Waals surface area contributed by atoms with Gasteiger partial charge < -0.3 is 15.4 Å². The van der Waals surface area contributed by atoms with Crippen molar-refractivity contribution in [1.29, 1.82) is 0 Å². The van der Waals surface area contributed by atoms with Crippen LogP contribution >= 0.6 is 11.3 Å². The first-order valence-electron chi connectivity index (χ1n) is 10.9. The van der Waals surface area contributed by atoms with Crippen LogP contribution in [0.4, 0.5) is 5.69 Å². The minimum Gasteiger partial charge on any atom is -0.495 e. The van der Waals surface area contributed by atoms with E-state index in [2.05, 4.69) is 15.7 Å². The molecule has 0 bridgehead atoms. The van der Waals surface area contributed by atoms with Gasteiger partial charge in [-0.3, -0.25) is 9.59 Å². The Bertz CT molecular complexity index is 1370. The molecule has 0 unspecified atom stereocenters. The van der Waals surface area contributed by atoms with Crippen LogP contribution in [0.3, 0.4) is 0 Å². The molecule has 34 heavy (non-hydrogen) atoms. The van der Waals surface area contributed by atoms with E-state index in [1.54, 1.807) is 41.5 Å². The zero-order valence-electron chi connectivity index (χ0n) is 19.8. The summed E-state index contributed by atoms with van der Waals surface area (Å²) in [5.41, 5.74) is 3.31. The molecular formula is C25H27N5O3S. The van der Waals surface area contributed by atoms with Gasteiger partial charge in [-0.1, -0.05) is 6.07 Å². The number of pyridine rings is 1. The van der Waals surface area contributed by atoms with Crippen LogP contribution < -0.4 is 15.4 Å². The molecular weight excluding hydrogens is 450 g/mol. The van der Waals surface area contributed by atoms with Gasteiger partial charge in [-0.05, 0) is 63.6 Å². The van der Waals surface area contributed by atoms with Crippen molar-refractivity contribution < 1.29 is 14.3 Å². The van der Waals surface area contributed by atoms with Gasteiger partial charge >= 0.3 is 0 Å². The molecule has 0 saturated heterocycles. The van der Waals surface area contributed by atoms with E-state index in [1.165, 1.54) is 0 Å². The number of methoxy groups -OCH3 is 1. The predicted octanol–water partition coefficient (Wildman–Crippen LogP) is 4.73. The fourth-order valence-electron chi connectivity index (χ4n) is 3.65. The van der Waals surface area contributed by atoms with Crippen LogP contribution in [-0.4, -0.2) is 40.2 Å². The third-order valence-corrected chi connectivity index (χ3v) is 6.36. The normalized spacial score (nSPS) is 11.1. The summed E-state index contributed by atoms with van der Waals surface area (Å²) >= 11 is 1.61. The lowest BCUT2D eigenvalue weighted by Gasteiger charge is -2.12. The largest absolute Gasteiger partial charge is 0.495 e. The first-order chi connectivity index (χ1) is 16.3. The number of aromatic nitrogens is 3. The minimum atomic E-state index is -0.364. The molecule has 4 aromatic rings. The number of nitrogens with one attached hydrogen (secondary N) is 2. The lowest BCUT2D eigenvalue weighted by Crippen LogP contribution is -2.33. The van der Waals surface area contributed by atoms with Crippen molar-refractivity contribution in [3.8, 4) is 16.3 Å². The summed E-state index contributed by atoms with van der Waals surface area (Å²) in [5, 5.41) is 10.6. The summed E-state index contributed by atoms with van der Waals surface area (Å²) in [5.74, 6) is -0.163. The maximum Gasteiger partial charge on any atom is 0.252 e. The molecule has 3 heterocycles. The molecule has 3 aromatic heterocycles. The first-order valence-corrected chi connectivity index (χ1v) is 11.8. The van der Waals surface area contributed by atoms with E-state index in [0.29, 0.717) is 33.7 Å². The number of fused-ring (bicyclic) bond motifs is 1. The van der Waals surface area contributed by atoms with E-state index < -0.39 is 0 Å². The second kappa shape index (κ2) is 9.64. The molecule has 0 fully saturated rings. The number of anilines is 1. The Kier molecular flexibility index (Phi) is 6.65. The molecule has 0 aliphatic rings. The smallest absolute Gasteiger partial charge is 0.252 e. The molecule has 0 radical (unpaired) electrons. The average Bonchev–Trinajstić information content (AvgIpc) is 3.43. The van der Waals surface area contributed by atoms with Crippen LogP contribution in [0, 0.1) is 13.8 Å². The predicted molar refractivity (Wildman–Crippen MR) is 135 cm³/mol. The minimum absolute atomic E-state index is 0.0799. The highest BCUT2D eigenvalue weighted by Gasteiger charge is 2.20. The number of hydrogen-bond donors (Lipinski definition) is 2. The number of aryl methyl sites for hydroxylation is 2. The highest BCUT2D eigenvalue weighted by molar-refractivity contribution is 7.15. The molecule has 2 N–H and O–H groups in total. The maximum atomic E-state index is 13.2. The molecule has 1 aromatic carbocycles. The third-order valence-electron chi connectivity index (χ3n) is 5.33. The van der Waals surface area contributed by atoms with Crippen molar-refractivity contribution in [2.45, 2.75) is 33.7 Å². The lowest BCUT2D eigenvalue weighted by molar-refractivity contribution is -0.115. The summed E-state index contributed by atoms with van der Waals surface area (Å²) in [4.78, 5) is 32.7. The summed E-state index contributed by atoms with van der Waals surface area (Å²) < 4.78 is 7.10. The van der Waals surface area contributed by atoms with E-state index in [9.17, 15) is 9.59 Å². The van der Waals surface area contributed by atoms with Crippen molar-refractivity contribution in [3.05, 3.63) is 58.6 Å². The van der Waals surface area contributed by atoms with E-state index in [0.717, 1.165) is 15.3 Å². The molecule has 0 atom stereocenters. The van der Waals surface area contributed by atoms with E-state index in [4.69, 9.17) is 9.72 Å². The number of rotatable bonds is 7. The molecule has 0 aliphatic carbocycles. The number of benzene rings is 1. The Morgan fingerprint density at radius 2 is 1.94 bits per heavy atom. The lowest BCUT2D eigenvalue weighted by atomic mass is 10.1. The summed E-state index contributed by atoms with van der Waals surface area (Å²) in [6.45, 7) is 7.79. The van der Waals surface area contributed by atoms with Crippen LogP contribution in [-0.2, 0) is 4.79 Å². The van der Waals surface area contributed by atoms with Gasteiger partial charge in [0.25, 0.3) is 5.91 Å². The Hall–Kier alpha value is -3.72. The fraction of sp³-hybridized carbons (Fsp3) is 0.280. The molecule has 0 aliphatic heterocycles. The van der Waals surface area contributed by atoms with Crippen molar-refractivity contribution in [3.63, 3.8) is 0 Å². The number of carbonyl (C=O) groups is 2. The monoisotopic (exact) mass is 477 g/mol. The van der Waals surface area contributed by atoms with Crippen molar-refractivity contribution in [2.24, 2.45) is 0 Å². The Morgan fingerprint density at radius 1 is 1.15 bits per heavy atom. The van der Waals surface area contributed by atoms with Gasteiger partial charge in [0, 0.05) is 10.9 Å². The van der Waals surface area contributed by atoms with Gasteiger partial charge in [-0.2, -0.15) is 5.10 Å².